The average molecular weight is 278 g/mol. The Kier molecular flexibility index (Phi) is 3.82. The molecule has 0 saturated carbocycles. The van der Waals surface area contributed by atoms with E-state index in [0.29, 0.717) is 22.8 Å². The molecule has 1 heterocycles. The minimum Gasteiger partial charge on any atom is -0.491 e. The summed E-state index contributed by atoms with van der Waals surface area (Å²) in [5.41, 5.74) is 7.60. The Bertz CT molecular complexity index is 617. The Morgan fingerprint density at radius 2 is 2.26 bits per heavy atom. The second kappa shape index (κ2) is 5.53. The van der Waals surface area contributed by atoms with Gasteiger partial charge >= 0.3 is 0 Å². The van der Waals surface area contributed by atoms with Gasteiger partial charge in [-0.2, -0.15) is 4.98 Å². The number of nitrogens with zero attached hydrogens (tertiary/aromatic N) is 2. The predicted molar refractivity (Wildman–Crippen MR) is 75.6 cm³/mol. The van der Waals surface area contributed by atoms with Crippen molar-refractivity contribution in [3.8, 4) is 5.75 Å². The van der Waals surface area contributed by atoms with Gasteiger partial charge in [0.05, 0.1) is 13.3 Å². The third-order valence-corrected chi connectivity index (χ3v) is 2.63. The van der Waals surface area contributed by atoms with Crippen LogP contribution in [0.4, 0.5) is 17.2 Å². The zero-order valence-corrected chi connectivity index (χ0v) is 10.9. The highest BCUT2D eigenvalue weighted by atomic mass is 35.5. The minimum absolute atomic E-state index is 0.117. The van der Waals surface area contributed by atoms with E-state index in [1.54, 1.807) is 18.2 Å². The number of rotatable bonds is 4. The van der Waals surface area contributed by atoms with Gasteiger partial charge in [-0.1, -0.05) is 0 Å². The van der Waals surface area contributed by atoms with Crippen molar-refractivity contribution in [2.75, 3.05) is 18.2 Å². The van der Waals surface area contributed by atoms with Crippen molar-refractivity contribution in [2.24, 2.45) is 0 Å². The second-order valence-electron chi connectivity index (χ2n) is 3.67. The highest BCUT2D eigenvalue weighted by Gasteiger charge is 2.08. The minimum atomic E-state index is 0.117. The molecule has 98 valence electrons. The monoisotopic (exact) mass is 277 g/mol. The van der Waals surface area contributed by atoms with Crippen molar-refractivity contribution in [1.29, 1.82) is 5.41 Å². The number of methoxy groups -OCH3 is 1. The van der Waals surface area contributed by atoms with Crippen LogP contribution in [0.15, 0.2) is 24.4 Å². The molecule has 0 bridgehead atoms. The van der Waals surface area contributed by atoms with Crippen LogP contribution in [0.2, 0.25) is 5.28 Å². The van der Waals surface area contributed by atoms with E-state index < -0.39 is 0 Å². The quantitative estimate of drug-likeness (QED) is 0.453. The van der Waals surface area contributed by atoms with Gasteiger partial charge in [0.2, 0.25) is 5.28 Å². The number of halogens is 1. The van der Waals surface area contributed by atoms with Crippen molar-refractivity contribution >= 4 is 35.0 Å². The van der Waals surface area contributed by atoms with E-state index in [4.69, 9.17) is 27.5 Å². The van der Waals surface area contributed by atoms with Crippen molar-refractivity contribution in [3.63, 3.8) is 0 Å². The highest BCUT2D eigenvalue weighted by Crippen LogP contribution is 2.26. The number of hydrogen-bond acceptors (Lipinski definition) is 6. The van der Waals surface area contributed by atoms with Crippen LogP contribution >= 0.6 is 11.6 Å². The summed E-state index contributed by atoms with van der Waals surface area (Å²) in [6.07, 6.45) is 2.66. The van der Waals surface area contributed by atoms with Gasteiger partial charge in [0.1, 0.15) is 0 Å². The highest BCUT2D eigenvalue weighted by molar-refractivity contribution is 6.28. The Balaban J connectivity index is 2.35. The largest absolute Gasteiger partial charge is 0.491 e. The number of nitrogen functional groups attached to an aromatic ring is 1. The molecule has 1 aromatic heterocycles. The van der Waals surface area contributed by atoms with Gasteiger partial charge in [-0.3, -0.25) is 0 Å². The van der Waals surface area contributed by atoms with Crippen molar-refractivity contribution < 1.29 is 4.74 Å². The molecule has 0 atom stereocenters. The summed E-state index contributed by atoms with van der Waals surface area (Å²) in [6.45, 7) is 0. The molecule has 0 radical (unpaired) electrons. The van der Waals surface area contributed by atoms with Gasteiger partial charge in [0.25, 0.3) is 0 Å². The van der Waals surface area contributed by atoms with Crippen LogP contribution in [-0.4, -0.2) is 23.3 Å². The standard InChI is InChI=1S/C12H12ClN5O/c1-19-10-6-16-12(13)18-11(10)17-8-2-3-9(15)7(4-8)5-14/h2-6,14H,15H2,1H3,(H,16,17,18). The summed E-state index contributed by atoms with van der Waals surface area (Å²) in [5, 5.41) is 10.4. The van der Waals surface area contributed by atoms with Gasteiger partial charge in [0.15, 0.2) is 11.6 Å². The normalized spacial score (nSPS) is 10.0. The smallest absolute Gasteiger partial charge is 0.224 e. The fraction of sp³-hybridized carbons (Fsp3) is 0.0833. The van der Waals surface area contributed by atoms with Crippen LogP contribution in [0.5, 0.6) is 5.75 Å². The number of ether oxygens (including phenoxy) is 1. The molecule has 1 aromatic carbocycles. The SMILES string of the molecule is COc1cnc(Cl)nc1Nc1ccc(N)c(C=N)c1. The molecule has 0 amide bonds. The maximum atomic E-state index is 7.27. The van der Waals surface area contributed by atoms with Crippen molar-refractivity contribution in [3.05, 3.63) is 35.2 Å². The third-order valence-electron chi connectivity index (χ3n) is 2.45. The van der Waals surface area contributed by atoms with Crippen LogP contribution < -0.4 is 15.8 Å². The molecule has 19 heavy (non-hydrogen) atoms. The predicted octanol–water partition coefficient (Wildman–Crippen LogP) is 2.46. The summed E-state index contributed by atoms with van der Waals surface area (Å²) >= 11 is 5.75. The van der Waals surface area contributed by atoms with Crippen LogP contribution in [-0.2, 0) is 0 Å². The summed E-state index contributed by atoms with van der Waals surface area (Å²) in [5.74, 6) is 0.917. The van der Waals surface area contributed by atoms with Crippen LogP contribution in [0.1, 0.15) is 5.56 Å². The maximum absolute atomic E-state index is 7.27. The molecule has 0 aliphatic carbocycles. The number of aromatic nitrogens is 2. The summed E-state index contributed by atoms with van der Waals surface area (Å²) in [7, 11) is 1.52. The molecule has 2 rings (SSSR count). The van der Waals surface area contributed by atoms with Crippen LogP contribution in [0.25, 0.3) is 0 Å². The van der Waals surface area contributed by atoms with Crippen molar-refractivity contribution in [1.82, 2.24) is 9.97 Å². The lowest BCUT2D eigenvalue weighted by Crippen LogP contribution is -2.00. The number of benzene rings is 1. The molecule has 7 heteroatoms. The molecule has 4 N–H and O–H groups in total. The first-order chi connectivity index (χ1) is 9.13. The Labute approximate surface area is 115 Å². The molecule has 6 nitrogen and oxygen atoms in total. The maximum Gasteiger partial charge on any atom is 0.224 e. The Morgan fingerprint density at radius 3 is 2.95 bits per heavy atom. The third kappa shape index (κ3) is 2.92. The topological polar surface area (TPSA) is 96.9 Å². The number of nitrogens with one attached hydrogen (secondary N) is 2. The lowest BCUT2D eigenvalue weighted by atomic mass is 10.1. The Hall–Kier alpha value is -2.34. The first-order valence-electron chi connectivity index (χ1n) is 5.37. The van der Waals surface area contributed by atoms with Crippen LogP contribution in [0.3, 0.4) is 0 Å². The van der Waals surface area contributed by atoms with Gasteiger partial charge in [-0.05, 0) is 29.8 Å². The lowest BCUT2D eigenvalue weighted by molar-refractivity contribution is 0.413. The van der Waals surface area contributed by atoms with Crippen molar-refractivity contribution in [2.45, 2.75) is 0 Å². The fourth-order valence-electron chi connectivity index (χ4n) is 1.50. The van der Waals surface area contributed by atoms with Crippen LogP contribution in [0, 0.1) is 5.41 Å². The first kappa shape index (κ1) is 13.1. The van der Waals surface area contributed by atoms with E-state index in [-0.39, 0.29) is 5.28 Å². The molecule has 0 unspecified atom stereocenters. The number of anilines is 3. The molecule has 0 fully saturated rings. The molecule has 0 aliphatic rings. The zero-order chi connectivity index (χ0) is 13.8. The molecule has 0 spiro atoms. The van der Waals surface area contributed by atoms with E-state index >= 15 is 0 Å². The van der Waals surface area contributed by atoms with Gasteiger partial charge < -0.3 is 21.2 Å². The molecule has 0 saturated heterocycles. The lowest BCUT2D eigenvalue weighted by Gasteiger charge is -2.11. The van der Waals surface area contributed by atoms with Gasteiger partial charge in [0, 0.05) is 23.2 Å². The average Bonchev–Trinajstić information content (AvgIpc) is 2.41. The van der Waals surface area contributed by atoms with E-state index in [0.717, 1.165) is 5.69 Å². The fourth-order valence-corrected chi connectivity index (χ4v) is 1.64. The number of hydrogen-bond donors (Lipinski definition) is 3. The summed E-state index contributed by atoms with van der Waals surface area (Å²) < 4.78 is 5.14. The zero-order valence-electron chi connectivity index (χ0n) is 10.1. The molecule has 2 aromatic rings. The van der Waals surface area contributed by atoms with E-state index in [2.05, 4.69) is 15.3 Å². The first-order valence-corrected chi connectivity index (χ1v) is 5.75. The second-order valence-corrected chi connectivity index (χ2v) is 4.01. The van der Waals surface area contributed by atoms with E-state index in [1.165, 1.54) is 19.5 Å². The number of nitrogens with two attached hydrogens (primary N) is 1. The summed E-state index contributed by atoms with van der Waals surface area (Å²) in [6, 6.07) is 5.22. The van der Waals surface area contributed by atoms with Gasteiger partial charge in [-0.25, -0.2) is 4.98 Å². The van der Waals surface area contributed by atoms with E-state index in [1.807, 2.05) is 0 Å². The van der Waals surface area contributed by atoms with E-state index in [9.17, 15) is 0 Å². The molecular formula is C12H12ClN5O. The Morgan fingerprint density at radius 1 is 1.47 bits per heavy atom. The summed E-state index contributed by atoms with van der Waals surface area (Å²) in [4.78, 5) is 7.88. The van der Waals surface area contributed by atoms with Gasteiger partial charge in [-0.15, -0.1) is 0 Å². The molecular weight excluding hydrogens is 266 g/mol. The molecule has 0 aliphatic heterocycles.